The van der Waals surface area contributed by atoms with Crippen LogP contribution in [0, 0.1) is 0 Å². The second kappa shape index (κ2) is 62.3. The van der Waals surface area contributed by atoms with E-state index in [0.29, 0.717) is 61.5 Å². The molecule has 0 amide bonds. The third-order valence-electron chi connectivity index (χ3n) is 17.4. The average Bonchev–Trinajstić information content (AvgIpc) is 3.58. The maximum Gasteiger partial charge on any atom is 0.102 e. The highest BCUT2D eigenvalue weighted by molar-refractivity contribution is 4.69. The van der Waals surface area contributed by atoms with E-state index >= 15 is 0 Å². The molecule has 0 aliphatic rings. The highest BCUT2D eigenvalue weighted by atomic mass is 16.5. The zero-order valence-electron chi connectivity index (χ0n) is 64.9. The van der Waals surface area contributed by atoms with Crippen LogP contribution in [-0.4, -0.2) is 331 Å². The fraction of sp³-hybridized carbons (Fsp3) is 1.00. The van der Waals surface area contributed by atoms with Gasteiger partial charge < -0.3 is 46.3 Å². The molecule has 0 bridgehead atoms. The summed E-state index contributed by atoms with van der Waals surface area (Å²) in [7, 11) is 27.2. The fourth-order valence-electron chi connectivity index (χ4n) is 10.0. The molecule has 0 spiro atoms. The van der Waals surface area contributed by atoms with Crippen molar-refractivity contribution in [1.82, 2.24) is 24.5 Å². The Balaban J connectivity index is -0.000000128. The summed E-state index contributed by atoms with van der Waals surface area (Å²) in [5.74, 6) is 0. The Labute approximate surface area is 567 Å². The van der Waals surface area contributed by atoms with Crippen LogP contribution < -0.4 is 0 Å². The summed E-state index contributed by atoms with van der Waals surface area (Å²) in [5.41, 5.74) is 0. The second-order valence-electron chi connectivity index (χ2n) is 30.4. The van der Waals surface area contributed by atoms with Gasteiger partial charge in [0.25, 0.3) is 0 Å². The van der Waals surface area contributed by atoms with E-state index in [9.17, 15) is 0 Å². The first-order valence-electron chi connectivity index (χ1n) is 35.3. The van der Waals surface area contributed by atoms with Crippen molar-refractivity contribution in [3.8, 4) is 0 Å². The summed E-state index contributed by atoms with van der Waals surface area (Å²) < 4.78 is 28.3. The number of ether oxygens (including phenoxy) is 4. The predicted octanol–water partition coefficient (Wildman–Crippen LogP) is 14.8. The van der Waals surface area contributed by atoms with Crippen LogP contribution in [-0.2, 0) is 18.9 Å². The number of rotatable bonds is 47. The number of hydrogen-bond acceptors (Lipinski definition) is 9. The lowest BCUT2D eigenvalue weighted by molar-refractivity contribution is -0.890. The van der Waals surface area contributed by atoms with Crippen molar-refractivity contribution in [3.05, 3.63) is 0 Å². The van der Waals surface area contributed by atoms with Gasteiger partial charge >= 0.3 is 0 Å². The van der Waals surface area contributed by atoms with Crippen LogP contribution in [0.4, 0.5) is 0 Å². The van der Waals surface area contributed by atoms with E-state index in [-0.39, 0.29) is 29.7 Å². The first-order valence-corrected chi connectivity index (χ1v) is 35.3. The molecule has 0 aliphatic carbocycles. The van der Waals surface area contributed by atoms with Gasteiger partial charge in [-0.25, -0.2) is 0 Å². The van der Waals surface area contributed by atoms with Crippen molar-refractivity contribution >= 4 is 0 Å². The van der Waals surface area contributed by atoms with Gasteiger partial charge in [0.05, 0.1) is 182 Å². The number of unbranched alkanes of at least 4 members (excludes halogenated alkanes) is 3. The molecule has 0 saturated heterocycles. The molecule has 14 heteroatoms. The zero-order valence-corrected chi connectivity index (χ0v) is 64.9. The summed E-state index contributed by atoms with van der Waals surface area (Å²) >= 11 is 0. The summed E-state index contributed by atoms with van der Waals surface area (Å²) in [4.78, 5) is 12.2. The normalized spacial score (nSPS) is 12.3. The van der Waals surface area contributed by atoms with Crippen molar-refractivity contribution in [3.63, 3.8) is 0 Å². The summed E-state index contributed by atoms with van der Waals surface area (Å²) in [6, 6.07) is 4.87. The van der Waals surface area contributed by atoms with Crippen LogP contribution in [0.15, 0.2) is 0 Å². The molecule has 0 heterocycles. The van der Waals surface area contributed by atoms with E-state index in [1.54, 1.807) is 0 Å². The minimum atomic E-state index is 0. The average molecular weight is 1290 g/mol. The smallest absolute Gasteiger partial charge is 0.102 e. The van der Waals surface area contributed by atoms with Crippen molar-refractivity contribution < 1.29 is 41.4 Å². The SMILES string of the molecule is C.C.C.C.CCC[N+](C)(C)CCCOCCN(C(C)C)C(C)C.CC[N+](C)(C)CCCCCCN(C)C.CC[N+](C)(C)CCCOCCN(C(C)C)C(C)C.CC[N+](C)(C)CCN(C(C)C)C(C)C.CC[N+](C)(C)CCOCCOCCN(C(C)C)C(C)C. The van der Waals surface area contributed by atoms with Gasteiger partial charge in [0.2, 0.25) is 0 Å². The Bertz CT molecular complexity index is 1380. The van der Waals surface area contributed by atoms with E-state index in [0.717, 1.165) is 103 Å². The molecular weight excluding hydrogens is 1100 g/mol. The van der Waals surface area contributed by atoms with E-state index in [1.807, 2.05) is 0 Å². The molecule has 0 unspecified atom stereocenters. The van der Waals surface area contributed by atoms with Crippen LogP contribution in [0.5, 0.6) is 0 Å². The van der Waals surface area contributed by atoms with Gasteiger partial charge in [-0.1, -0.05) is 43.1 Å². The van der Waals surface area contributed by atoms with Gasteiger partial charge in [-0.15, -0.1) is 0 Å². The summed E-state index contributed by atoms with van der Waals surface area (Å²) in [6.45, 7) is 71.5. The molecule has 0 aromatic carbocycles. The van der Waals surface area contributed by atoms with Crippen molar-refractivity contribution in [1.29, 1.82) is 0 Å². The molecule has 0 fully saturated rings. The highest BCUT2D eigenvalue weighted by Crippen LogP contribution is 2.10. The maximum absolute atomic E-state index is 5.79. The van der Waals surface area contributed by atoms with Gasteiger partial charge in [0, 0.05) is 87.4 Å². The first kappa shape index (κ1) is 107. The van der Waals surface area contributed by atoms with Crippen LogP contribution in [0.2, 0.25) is 0 Å². The Kier molecular flexibility index (Phi) is 75.0. The maximum atomic E-state index is 5.79. The first-order chi connectivity index (χ1) is 39.2. The highest BCUT2D eigenvalue weighted by Gasteiger charge is 2.20. The number of nitrogens with zero attached hydrogens (tertiary/aromatic N) is 10. The standard InChI is InChI=1S/C16H37N2O2.C16H37N2O.C15H35N2O.2C12H29N2.4CH4/c1-8-18(6,7)10-12-20-14-13-19-11-9-17(15(2)3)16(4)5;1-8-11-18(6,7)12-9-13-19-14-10-17(15(2)3)16(4)5;1-8-17(6,7)11-9-12-18-13-10-16(14(2)3)15(4)5;1-8-14(6,7)10-9-13(11(2)3)12(4)5;1-6-14(4,5)12-10-8-7-9-11-13(2)3;;;;/h15-16H,8-14H2,1-7H3;15-16H,8-14H2,1-7H3;14-15H,8-13H2,1-7H3;11-12H,8-10H2,1-7H3;6-12H2,1-5H3;4*1H4/q5*+1;;;;. The van der Waals surface area contributed by atoms with Crippen molar-refractivity contribution in [2.45, 2.75) is 268 Å². The fourth-order valence-corrected chi connectivity index (χ4v) is 10.0. The predicted molar refractivity (Wildman–Crippen MR) is 407 cm³/mol. The van der Waals surface area contributed by atoms with Crippen molar-refractivity contribution in [2.75, 3.05) is 236 Å². The van der Waals surface area contributed by atoms with E-state index in [4.69, 9.17) is 18.9 Å². The summed E-state index contributed by atoms with van der Waals surface area (Å²) in [6.07, 6.45) is 9.10. The van der Waals surface area contributed by atoms with Crippen LogP contribution >= 0.6 is 0 Å². The third kappa shape index (κ3) is 70.1. The third-order valence-corrected chi connectivity index (χ3v) is 17.4. The molecule has 89 heavy (non-hydrogen) atoms. The molecule has 14 nitrogen and oxygen atoms in total. The Morgan fingerprint density at radius 1 is 0.247 bits per heavy atom. The van der Waals surface area contributed by atoms with Crippen LogP contribution in [0.3, 0.4) is 0 Å². The molecular formula is C75H183N10O4+5. The van der Waals surface area contributed by atoms with E-state index in [1.165, 1.54) is 102 Å². The van der Waals surface area contributed by atoms with Gasteiger partial charge in [-0.05, 0) is 185 Å². The van der Waals surface area contributed by atoms with Crippen LogP contribution in [0.1, 0.15) is 220 Å². The quantitative estimate of drug-likeness (QED) is 0.0438. The Hall–Kier alpha value is -0.560. The lowest BCUT2D eigenvalue weighted by atomic mass is 10.2. The molecule has 0 aromatic rings. The monoisotopic (exact) mass is 1290 g/mol. The molecule has 0 aliphatic heterocycles. The molecule has 0 rings (SSSR count). The lowest BCUT2D eigenvalue weighted by Gasteiger charge is -2.35. The number of likely N-dealkylation sites (N-methyl/N-ethyl adjacent to an activating group) is 2. The Morgan fingerprint density at radius 2 is 0.506 bits per heavy atom. The number of quaternary nitrogens is 5. The molecule has 0 aromatic heterocycles. The van der Waals surface area contributed by atoms with Gasteiger partial charge in [-0.3, -0.25) is 19.6 Å². The topological polar surface area (TPSA) is 53.1 Å². The largest absolute Gasteiger partial charge is 0.380 e. The number of hydrogen-bond donors (Lipinski definition) is 0. The van der Waals surface area contributed by atoms with Gasteiger partial charge in [-0.2, -0.15) is 0 Å². The minimum absolute atomic E-state index is 0. The molecule has 0 radical (unpaired) electrons. The van der Waals surface area contributed by atoms with E-state index < -0.39 is 0 Å². The van der Waals surface area contributed by atoms with Gasteiger partial charge in [0.1, 0.15) is 6.54 Å². The lowest BCUT2D eigenvalue weighted by Crippen LogP contribution is -2.48. The van der Waals surface area contributed by atoms with Gasteiger partial charge in [0.15, 0.2) is 0 Å². The zero-order chi connectivity index (χ0) is 67.0. The Morgan fingerprint density at radius 3 is 0.809 bits per heavy atom. The van der Waals surface area contributed by atoms with E-state index in [2.05, 4.69) is 254 Å². The second-order valence-corrected chi connectivity index (χ2v) is 30.4. The minimum Gasteiger partial charge on any atom is -0.380 e. The van der Waals surface area contributed by atoms with Crippen molar-refractivity contribution in [2.24, 2.45) is 0 Å². The van der Waals surface area contributed by atoms with Crippen LogP contribution in [0.25, 0.3) is 0 Å². The molecule has 0 N–H and O–H groups in total. The molecule has 0 saturated carbocycles. The summed E-state index contributed by atoms with van der Waals surface area (Å²) in [5, 5.41) is 0. The molecule has 552 valence electrons. The molecule has 0 atom stereocenters.